The molecule has 0 bridgehead atoms. The number of thiazole rings is 1. The van der Waals surface area contributed by atoms with E-state index in [9.17, 15) is 8.42 Å². The van der Waals surface area contributed by atoms with Crippen LogP contribution in [0.15, 0.2) is 23.4 Å². The minimum atomic E-state index is -3.78. The second-order valence-corrected chi connectivity index (χ2v) is 7.28. The summed E-state index contributed by atoms with van der Waals surface area (Å²) in [5.74, 6) is 0. The predicted molar refractivity (Wildman–Crippen MR) is 78.2 cm³/mol. The standard InChI is InChI=1S/C12H14N4O2S2/c13-8-4-3-7-14-11(8)20(17,18)16-12-15-9-5-1-2-6-10(9)19-12/h3-4,7H,1-2,5-6,13H2,(H,15,16). The average Bonchev–Trinajstić information content (AvgIpc) is 2.80. The lowest BCUT2D eigenvalue weighted by Crippen LogP contribution is -2.16. The van der Waals surface area contributed by atoms with Gasteiger partial charge in [0.05, 0.1) is 11.4 Å². The Labute approximate surface area is 121 Å². The maximum absolute atomic E-state index is 12.2. The summed E-state index contributed by atoms with van der Waals surface area (Å²) < 4.78 is 27.0. The second-order valence-electron chi connectivity index (χ2n) is 4.60. The summed E-state index contributed by atoms with van der Waals surface area (Å²) in [6.45, 7) is 0. The zero-order chi connectivity index (χ0) is 14.2. The molecule has 2 heterocycles. The molecule has 0 fully saturated rings. The highest BCUT2D eigenvalue weighted by Crippen LogP contribution is 2.31. The molecule has 106 valence electrons. The maximum Gasteiger partial charge on any atom is 0.283 e. The van der Waals surface area contributed by atoms with E-state index in [-0.39, 0.29) is 10.7 Å². The maximum atomic E-state index is 12.2. The molecule has 0 aliphatic heterocycles. The number of fused-ring (bicyclic) bond motifs is 1. The van der Waals surface area contributed by atoms with E-state index < -0.39 is 10.0 Å². The highest BCUT2D eigenvalue weighted by molar-refractivity contribution is 7.93. The summed E-state index contributed by atoms with van der Waals surface area (Å²) in [5.41, 5.74) is 6.79. The van der Waals surface area contributed by atoms with Crippen molar-refractivity contribution in [1.82, 2.24) is 9.97 Å². The van der Waals surface area contributed by atoms with E-state index in [4.69, 9.17) is 5.73 Å². The zero-order valence-corrected chi connectivity index (χ0v) is 12.3. The Morgan fingerprint density at radius 1 is 1.30 bits per heavy atom. The molecule has 1 aliphatic rings. The van der Waals surface area contributed by atoms with Crippen molar-refractivity contribution in [3.05, 3.63) is 28.9 Å². The Bertz CT molecular complexity index is 716. The summed E-state index contributed by atoms with van der Waals surface area (Å²) in [6, 6.07) is 3.10. The summed E-state index contributed by atoms with van der Waals surface area (Å²) in [6.07, 6.45) is 5.53. The zero-order valence-electron chi connectivity index (χ0n) is 10.7. The minimum absolute atomic E-state index is 0.126. The van der Waals surface area contributed by atoms with Crippen LogP contribution in [0.3, 0.4) is 0 Å². The van der Waals surface area contributed by atoms with E-state index in [1.54, 1.807) is 6.07 Å². The highest BCUT2D eigenvalue weighted by atomic mass is 32.2. The van der Waals surface area contributed by atoms with Gasteiger partial charge in [0.15, 0.2) is 10.2 Å². The quantitative estimate of drug-likeness (QED) is 0.900. The minimum Gasteiger partial charge on any atom is -0.396 e. The van der Waals surface area contributed by atoms with Crippen LogP contribution in [0.2, 0.25) is 0 Å². The van der Waals surface area contributed by atoms with Crippen LogP contribution in [-0.4, -0.2) is 18.4 Å². The first-order valence-corrected chi connectivity index (χ1v) is 8.58. The highest BCUT2D eigenvalue weighted by Gasteiger charge is 2.22. The third-order valence-electron chi connectivity index (χ3n) is 3.12. The van der Waals surface area contributed by atoms with Crippen LogP contribution in [0.4, 0.5) is 10.8 Å². The van der Waals surface area contributed by atoms with Crippen LogP contribution in [-0.2, 0) is 22.9 Å². The van der Waals surface area contributed by atoms with E-state index in [1.165, 1.54) is 28.5 Å². The number of aromatic nitrogens is 2. The number of nitrogen functional groups attached to an aromatic ring is 1. The number of sulfonamides is 1. The van der Waals surface area contributed by atoms with Gasteiger partial charge in [0.1, 0.15) is 0 Å². The van der Waals surface area contributed by atoms with Gasteiger partial charge in [-0.15, -0.1) is 11.3 Å². The normalized spacial score (nSPS) is 14.8. The molecule has 3 N–H and O–H groups in total. The molecule has 0 atom stereocenters. The second kappa shape index (κ2) is 5.02. The van der Waals surface area contributed by atoms with Crippen LogP contribution in [0.1, 0.15) is 23.4 Å². The monoisotopic (exact) mass is 310 g/mol. The van der Waals surface area contributed by atoms with E-state index in [2.05, 4.69) is 14.7 Å². The Hall–Kier alpha value is -1.67. The number of hydrogen-bond donors (Lipinski definition) is 2. The molecule has 2 aromatic heterocycles. The molecule has 2 aromatic rings. The molecule has 0 radical (unpaired) electrons. The van der Waals surface area contributed by atoms with E-state index in [0.717, 1.165) is 31.4 Å². The Morgan fingerprint density at radius 2 is 2.10 bits per heavy atom. The van der Waals surface area contributed by atoms with Crippen molar-refractivity contribution in [3.63, 3.8) is 0 Å². The van der Waals surface area contributed by atoms with Crippen molar-refractivity contribution in [2.45, 2.75) is 30.7 Å². The van der Waals surface area contributed by atoms with Gasteiger partial charge in [-0.2, -0.15) is 8.42 Å². The third-order valence-corrected chi connectivity index (χ3v) is 5.64. The molecule has 1 aliphatic carbocycles. The Kier molecular flexibility index (Phi) is 3.35. The molecule has 8 heteroatoms. The van der Waals surface area contributed by atoms with Crippen molar-refractivity contribution >= 4 is 32.2 Å². The molecular weight excluding hydrogens is 296 g/mol. The first-order chi connectivity index (χ1) is 9.56. The van der Waals surface area contributed by atoms with E-state index >= 15 is 0 Å². The summed E-state index contributed by atoms with van der Waals surface area (Å²) >= 11 is 1.39. The molecule has 0 amide bonds. The van der Waals surface area contributed by atoms with Gasteiger partial charge in [-0.1, -0.05) is 0 Å². The van der Waals surface area contributed by atoms with E-state index in [0.29, 0.717) is 5.13 Å². The van der Waals surface area contributed by atoms with Gasteiger partial charge < -0.3 is 5.73 Å². The van der Waals surface area contributed by atoms with Crippen molar-refractivity contribution in [2.75, 3.05) is 10.5 Å². The first kappa shape index (κ1) is 13.3. The van der Waals surface area contributed by atoms with Crippen molar-refractivity contribution in [2.24, 2.45) is 0 Å². The van der Waals surface area contributed by atoms with Crippen LogP contribution >= 0.6 is 11.3 Å². The lowest BCUT2D eigenvalue weighted by Gasteiger charge is -2.06. The fraction of sp³-hybridized carbons (Fsp3) is 0.333. The topological polar surface area (TPSA) is 98.0 Å². The SMILES string of the molecule is Nc1cccnc1S(=O)(=O)Nc1nc2c(s1)CCCC2. The summed E-state index contributed by atoms with van der Waals surface area (Å²) in [4.78, 5) is 9.35. The van der Waals surface area contributed by atoms with Gasteiger partial charge in [-0.25, -0.2) is 9.97 Å². The van der Waals surface area contributed by atoms with Crippen molar-refractivity contribution in [1.29, 1.82) is 0 Å². The fourth-order valence-corrected chi connectivity index (χ4v) is 4.53. The lowest BCUT2D eigenvalue weighted by molar-refractivity contribution is 0.598. The van der Waals surface area contributed by atoms with Gasteiger partial charge in [0.25, 0.3) is 10.0 Å². The van der Waals surface area contributed by atoms with Gasteiger partial charge in [-0.05, 0) is 37.8 Å². The number of aryl methyl sites for hydroxylation is 2. The van der Waals surface area contributed by atoms with Crippen molar-refractivity contribution < 1.29 is 8.42 Å². The summed E-state index contributed by atoms with van der Waals surface area (Å²) in [5, 5.41) is 0.232. The number of pyridine rings is 1. The predicted octanol–water partition coefficient (Wildman–Crippen LogP) is 1.80. The number of nitrogens with one attached hydrogen (secondary N) is 1. The van der Waals surface area contributed by atoms with Crippen LogP contribution in [0.25, 0.3) is 0 Å². The molecule has 0 aromatic carbocycles. The molecule has 0 unspecified atom stereocenters. The molecule has 0 saturated carbocycles. The van der Waals surface area contributed by atoms with Crippen LogP contribution in [0, 0.1) is 0 Å². The first-order valence-electron chi connectivity index (χ1n) is 6.28. The Balaban J connectivity index is 1.90. The molecule has 0 spiro atoms. The number of anilines is 2. The summed E-state index contributed by atoms with van der Waals surface area (Å²) in [7, 11) is -3.78. The molecule has 0 saturated heterocycles. The lowest BCUT2D eigenvalue weighted by atomic mass is 10.0. The van der Waals surface area contributed by atoms with Gasteiger partial charge in [0.2, 0.25) is 0 Å². The fourth-order valence-electron chi connectivity index (χ4n) is 2.19. The average molecular weight is 310 g/mol. The number of rotatable bonds is 3. The molecule has 20 heavy (non-hydrogen) atoms. The molecule has 3 rings (SSSR count). The van der Waals surface area contributed by atoms with Crippen molar-refractivity contribution in [3.8, 4) is 0 Å². The van der Waals surface area contributed by atoms with Gasteiger partial charge in [-0.3, -0.25) is 4.72 Å². The third kappa shape index (κ3) is 2.48. The van der Waals surface area contributed by atoms with Gasteiger partial charge in [0, 0.05) is 11.1 Å². The number of nitrogens with two attached hydrogens (primary N) is 1. The molecular formula is C12H14N4O2S2. The number of nitrogens with zero attached hydrogens (tertiary/aromatic N) is 2. The van der Waals surface area contributed by atoms with E-state index in [1.807, 2.05) is 0 Å². The van der Waals surface area contributed by atoms with Crippen LogP contribution < -0.4 is 10.5 Å². The number of hydrogen-bond acceptors (Lipinski definition) is 6. The van der Waals surface area contributed by atoms with Crippen LogP contribution in [0.5, 0.6) is 0 Å². The smallest absolute Gasteiger partial charge is 0.283 e. The molecule has 6 nitrogen and oxygen atoms in total. The van der Waals surface area contributed by atoms with Gasteiger partial charge >= 0.3 is 0 Å². The largest absolute Gasteiger partial charge is 0.396 e. The Morgan fingerprint density at radius 3 is 2.85 bits per heavy atom.